The summed E-state index contributed by atoms with van der Waals surface area (Å²) in [6.07, 6.45) is 9.08. The van der Waals surface area contributed by atoms with E-state index in [1.807, 2.05) is 6.21 Å². The van der Waals surface area contributed by atoms with Crippen molar-refractivity contribution in [2.24, 2.45) is 4.99 Å². The maximum atomic E-state index is 5.65. The molecule has 0 saturated heterocycles. The van der Waals surface area contributed by atoms with Crippen LogP contribution in [0, 0.1) is 0 Å². The van der Waals surface area contributed by atoms with Gasteiger partial charge in [-0.25, -0.2) is 4.99 Å². The minimum atomic E-state index is -1.54. The standard InChI is InChI=1S/C12H21NOSi/c1-11(14-15(2,3)4)13-10-12-8-6-5-7-9-12/h8,10H,1,5-7,9H2,2-4H3/b13-10+. The molecule has 0 aromatic carbocycles. The Balaban J connectivity index is 2.43. The molecular formula is C12H21NOSi. The lowest BCUT2D eigenvalue weighted by Gasteiger charge is -2.18. The van der Waals surface area contributed by atoms with Gasteiger partial charge in [0.05, 0.1) is 0 Å². The molecule has 0 aliphatic heterocycles. The van der Waals surface area contributed by atoms with Crippen LogP contribution in [0.15, 0.2) is 29.1 Å². The molecule has 0 amide bonds. The lowest BCUT2D eigenvalue weighted by Crippen LogP contribution is -2.24. The molecule has 0 saturated carbocycles. The number of allylic oxidation sites excluding steroid dienone is 2. The van der Waals surface area contributed by atoms with Crippen LogP contribution >= 0.6 is 0 Å². The van der Waals surface area contributed by atoms with Crippen molar-refractivity contribution in [3.05, 3.63) is 24.1 Å². The molecule has 0 N–H and O–H groups in total. The maximum Gasteiger partial charge on any atom is 0.244 e. The third kappa shape index (κ3) is 5.57. The minimum Gasteiger partial charge on any atom is -0.532 e. The van der Waals surface area contributed by atoms with Crippen LogP contribution in [0.2, 0.25) is 19.6 Å². The molecule has 84 valence electrons. The highest BCUT2D eigenvalue weighted by molar-refractivity contribution is 6.70. The third-order valence-electron chi connectivity index (χ3n) is 2.12. The zero-order chi connectivity index (χ0) is 11.3. The third-order valence-corrected chi connectivity index (χ3v) is 2.97. The first-order chi connectivity index (χ1) is 6.97. The average molecular weight is 223 g/mol. The second-order valence-corrected chi connectivity index (χ2v) is 9.32. The van der Waals surface area contributed by atoms with Crippen LogP contribution in [-0.2, 0) is 4.43 Å². The van der Waals surface area contributed by atoms with Gasteiger partial charge in [0.15, 0.2) is 5.88 Å². The molecule has 15 heavy (non-hydrogen) atoms. The zero-order valence-corrected chi connectivity index (χ0v) is 11.0. The molecule has 0 aromatic rings. The summed E-state index contributed by atoms with van der Waals surface area (Å²) >= 11 is 0. The summed E-state index contributed by atoms with van der Waals surface area (Å²) in [5.41, 5.74) is 1.32. The smallest absolute Gasteiger partial charge is 0.244 e. The van der Waals surface area contributed by atoms with E-state index in [1.165, 1.54) is 24.8 Å². The quantitative estimate of drug-likeness (QED) is 0.402. The summed E-state index contributed by atoms with van der Waals surface area (Å²) < 4.78 is 5.65. The Morgan fingerprint density at radius 1 is 1.47 bits per heavy atom. The number of nitrogens with zero attached hydrogens (tertiary/aromatic N) is 1. The Morgan fingerprint density at radius 3 is 2.73 bits per heavy atom. The van der Waals surface area contributed by atoms with Gasteiger partial charge >= 0.3 is 0 Å². The van der Waals surface area contributed by atoms with E-state index < -0.39 is 8.32 Å². The number of rotatable bonds is 4. The predicted octanol–water partition coefficient (Wildman–Crippen LogP) is 3.88. The monoisotopic (exact) mass is 223 g/mol. The van der Waals surface area contributed by atoms with Gasteiger partial charge in [-0.2, -0.15) is 0 Å². The summed E-state index contributed by atoms with van der Waals surface area (Å²) in [6, 6.07) is 0. The van der Waals surface area contributed by atoms with Crippen molar-refractivity contribution in [2.45, 2.75) is 45.3 Å². The molecule has 0 aromatic heterocycles. The minimum absolute atomic E-state index is 0.556. The fraction of sp³-hybridized carbons (Fsp3) is 0.583. The van der Waals surface area contributed by atoms with E-state index in [0.717, 1.165) is 6.42 Å². The molecule has 0 heterocycles. The summed E-state index contributed by atoms with van der Waals surface area (Å²) in [4.78, 5) is 4.26. The first-order valence-electron chi connectivity index (χ1n) is 5.58. The summed E-state index contributed by atoms with van der Waals surface area (Å²) in [5, 5.41) is 0. The highest BCUT2D eigenvalue weighted by atomic mass is 28.4. The molecule has 0 atom stereocenters. The van der Waals surface area contributed by atoms with E-state index in [2.05, 4.69) is 37.3 Å². The van der Waals surface area contributed by atoms with Gasteiger partial charge in [0.2, 0.25) is 8.32 Å². The van der Waals surface area contributed by atoms with E-state index in [9.17, 15) is 0 Å². The second kappa shape index (κ2) is 5.31. The van der Waals surface area contributed by atoms with E-state index in [-0.39, 0.29) is 0 Å². The normalized spacial score (nSPS) is 17.7. The first-order valence-corrected chi connectivity index (χ1v) is 8.99. The SMILES string of the molecule is C=C(/N=C/C1=CCCCC1)O[Si](C)(C)C. The zero-order valence-electron chi connectivity index (χ0n) is 10.0. The van der Waals surface area contributed by atoms with Crippen molar-refractivity contribution in [1.82, 2.24) is 0 Å². The van der Waals surface area contributed by atoms with Crippen LogP contribution in [0.1, 0.15) is 25.7 Å². The number of hydrogen-bond acceptors (Lipinski definition) is 2. The Hall–Kier alpha value is -0.833. The van der Waals surface area contributed by atoms with Crippen molar-refractivity contribution >= 4 is 14.5 Å². The second-order valence-electron chi connectivity index (χ2n) is 4.89. The van der Waals surface area contributed by atoms with Crippen LogP contribution in [-0.4, -0.2) is 14.5 Å². The van der Waals surface area contributed by atoms with Gasteiger partial charge in [-0.3, -0.25) is 0 Å². The molecule has 0 fully saturated rings. The van der Waals surface area contributed by atoms with Crippen molar-refractivity contribution < 1.29 is 4.43 Å². The van der Waals surface area contributed by atoms with Crippen molar-refractivity contribution in [3.8, 4) is 0 Å². The van der Waals surface area contributed by atoms with E-state index in [1.54, 1.807) is 0 Å². The summed E-state index contributed by atoms with van der Waals surface area (Å²) in [5.74, 6) is 0.556. The lowest BCUT2D eigenvalue weighted by molar-refractivity contribution is 0.421. The van der Waals surface area contributed by atoms with Gasteiger partial charge in [0, 0.05) is 6.21 Å². The van der Waals surface area contributed by atoms with E-state index in [4.69, 9.17) is 4.43 Å². The van der Waals surface area contributed by atoms with Crippen LogP contribution in [0.25, 0.3) is 0 Å². The van der Waals surface area contributed by atoms with Gasteiger partial charge in [-0.05, 0) is 57.5 Å². The highest BCUT2D eigenvalue weighted by Gasteiger charge is 2.16. The van der Waals surface area contributed by atoms with Gasteiger partial charge in [-0.1, -0.05) is 6.08 Å². The first kappa shape index (κ1) is 12.2. The molecule has 3 heteroatoms. The summed E-state index contributed by atoms with van der Waals surface area (Å²) in [7, 11) is -1.54. The number of hydrogen-bond donors (Lipinski definition) is 0. The van der Waals surface area contributed by atoms with E-state index >= 15 is 0 Å². The fourth-order valence-electron chi connectivity index (χ4n) is 1.51. The molecule has 1 rings (SSSR count). The number of aliphatic imine (C=N–C) groups is 1. The van der Waals surface area contributed by atoms with Crippen molar-refractivity contribution in [2.75, 3.05) is 0 Å². The molecule has 0 spiro atoms. The highest BCUT2D eigenvalue weighted by Crippen LogP contribution is 2.16. The average Bonchev–Trinajstić information content (AvgIpc) is 2.14. The fourth-order valence-corrected chi connectivity index (χ4v) is 2.27. The van der Waals surface area contributed by atoms with Crippen molar-refractivity contribution in [3.63, 3.8) is 0 Å². The largest absolute Gasteiger partial charge is 0.532 e. The maximum absolute atomic E-state index is 5.65. The Morgan fingerprint density at radius 2 is 2.20 bits per heavy atom. The molecule has 1 aliphatic rings. The van der Waals surface area contributed by atoms with Gasteiger partial charge in [0.1, 0.15) is 0 Å². The Labute approximate surface area is 93.9 Å². The lowest BCUT2D eigenvalue weighted by atomic mass is 10.0. The van der Waals surface area contributed by atoms with Gasteiger partial charge in [0.25, 0.3) is 0 Å². The Kier molecular flexibility index (Phi) is 4.33. The van der Waals surface area contributed by atoms with Gasteiger partial charge < -0.3 is 4.43 Å². The molecule has 0 radical (unpaired) electrons. The van der Waals surface area contributed by atoms with Gasteiger partial charge in [-0.15, -0.1) is 0 Å². The molecule has 2 nitrogen and oxygen atoms in total. The molecule has 0 bridgehead atoms. The Bertz CT molecular complexity index is 286. The molecule has 1 aliphatic carbocycles. The topological polar surface area (TPSA) is 21.6 Å². The summed E-state index contributed by atoms with van der Waals surface area (Å²) in [6.45, 7) is 10.2. The van der Waals surface area contributed by atoms with Crippen LogP contribution in [0.4, 0.5) is 0 Å². The van der Waals surface area contributed by atoms with Crippen LogP contribution < -0.4 is 0 Å². The molecular weight excluding hydrogens is 202 g/mol. The predicted molar refractivity (Wildman–Crippen MR) is 68.6 cm³/mol. The van der Waals surface area contributed by atoms with Crippen LogP contribution in [0.5, 0.6) is 0 Å². The van der Waals surface area contributed by atoms with Crippen molar-refractivity contribution in [1.29, 1.82) is 0 Å². The molecule has 0 unspecified atom stereocenters. The van der Waals surface area contributed by atoms with Crippen LogP contribution in [0.3, 0.4) is 0 Å². The van der Waals surface area contributed by atoms with E-state index in [0.29, 0.717) is 5.88 Å².